The van der Waals surface area contributed by atoms with Crippen molar-refractivity contribution in [1.82, 2.24) is 5.43 Å². The van der Waals surface area contributed by atoms with E-state index in [9.17, 15) is 0 Å². The van der Waals surface area contributed by atoms with Gasteiger partial charge in [0.05, 0.1) is 20.4 Å². The molecule has 0 saturated heterocycles. The van der Waals surface area contributed by atoms with Crippen LogP contribution in [0.5, 0.6) is 11.5 Å². The van der Waals surface area contributed by atoms with Crippen molar-refractivity contribution in [3.63, 3.8) is 0 Å². The number of hydrogen-bond donors (Lipinski definition) is 2. The molecule has 2 rings (SSSR count). The highest BCUT2D eigenvalue weighted by Crippen LogP contribution is 2.29. The second-order valence-corrected chi connectivity index (χ2v) is 5.30. The van der Waals surface area contributed by atoms with Gasteiger partial charge in [-0.3, -0.25) is 5.43 Å². The predicted octanol–water partition coefficient (Wildman–Crippen LogP) is 3.09. The Bertz CT molecular complexity index is 627. The van der Waals surface area contributed by atoms with Crippen molar-refractivity contribution in [1.29, 1.82) is 0 Å². The molecular weight excluding hydrogens is 306 g/mol. The molecule has 1 heterocycles. The molecule has 0 aliphatic heterocycles. The summed E-state index contributed by atoms with van der Waals surface area (Å²) in [4.78, 5) is 1.05. The van der Waals surface area contributed by atoms with Gasteiger partial charge in [-0.2, -0.15) is 5.10 Å². The SMILES string of the molecule is COc1ccc(NC(=S)NN=Cc2cccs2)cc1OC. The number of anilines is 1. The summed E-state index contributed by atoms with van der Waals surface area (Å²) in [5.41, 5.74) is 3.55. The highest BCUT2D eigenvalue weighted by Gasteiger charge is 2.05. The van der Waals surface area contributed by atoms with Crippen molar-refractivity contribution < 1.29 is 9.47 Å². The van der Waals surface area contributed by atoms with Crippen LogP contribution in [0.1, 0.15) is 4.88 Å². The number of thiophene rings is 1. The van der Waals surface area contributed by atoms with Crippen molar-refractivity contribution in [2.75, 3.05) is 19.5 Å². The molecule has 0 unspecified atom stereocenters. The molecule has 0 aliphatic carbocycles. The van der Waals surface area contributed by atoms with E-state index in [0.29, 0.717) is 16.6 Å². The molecule has 2 aromatic rings. The lowest BCUT2D eigenvalue weighted by Crippen LogP contribution is -2.23. The molecule has 7 heteroatoms. The Balaban J connectivity index is 1.93. The van der Waals surface area contributed by atoms with Gasteiger partial charge in [0.2, 0.25) is 0 Å². The smallest absolute Gasteiger partial charge is 0.191 e. The fourth-order valence-electron chi connectivity index (χ4n) is 1.59. The molecule has 0 atom stereocenters. The third-order valence-corrected chi connectivity index (χ3v) is 3.54. The van der Waals surface area contributed by atoms with Crippen molar-refractivity contribution in [3.05, 3.63) is 40.6 Å². The molecule has 5 nitrogen and oxygen atoms in total. The van der Waals surface area contributed by atoms with Crippen LogP contribution in [-0.2, 0) is 0 Å². The summed E-state index contributed by atoms with van der Waals surface area (Å²) in [5, 5.41) is 9.47. The third-order valence-electron chi connectivity index (χ3n) is 2.54. The number of ether oxygens (including phenoxy) is 2. The van der Waals surface area contributed by atoms with E-state index in [4.69, 9.17) is 21.7 Å². The maximum Gasteiger partial charge on any atom is 0.191 e. The summed E-state index contributed by atoms with van der Waals surface area (Å²) in [5.74, 6) is 1.30. The number of hydrazone groups is 1. The van der Waals surface area contributed by atoms with Gasteiger partial charge in [0.1, 0.15) is 0 Å². The minimum atomic E-state index is 0.398. The molecule has 1 aromatic heterocycles. The van der Waals surface area contributed by atoms with Crippen molar-refractivity contribution in [3.8, 4) is 11.5 Å². The zero-order chi connectivity index (χ0) is 15.1. The standard InChI is InChI=1S/C14H15N3O2S2/c1-18-12-6-5-10(8-13(12)19-2)16-14(20)17-15-9-11-4-3-7-21-11/h3-9H,1-2H3,(H2,16,17,20). The zero-order valence-electron chi connectivity index (χ0n) is 11.6. The highest BCUT2D eigenvalue weighted by molar-refractivity contribution is 7.80. The molecule has 0 amide bonds. The number of thiocarbonyl (C=S) groups is 1. The van der Waals surface area contributed by atoms with Crippen LogP contribution in [0.15, 0.2) is 40.8 Å². The molecular formula is C14H15N3O2S2. The monoisotopic (exact) mass is 321 g/mol. The average Bonchev–Trinajstić information content (AvgIpc) is 3.00. The minimum Gasteiger partial charge on any atom is -0.493 e. The third kappa shape index (κ3) is 4.44. The largest absolute Gasteiger partial charge is 0.493 e. The summed E-state index contributed by atoms with van der Waals surface area (Å²) in [7, 11) is 3.18. The molecule has 0 radical (unpaired) electrons. The van der Waals surface area contributed by atoms with Gasteiger partial charge in [-0.15, -0.1) is 11.3 Å². The summed E-state index contributed by atoms with van der Waals surface area (Å²) >= 11 is 6.77. The first-order valence-corrected chi connectivity index (χ1v) is 7.37. The van der Waals surface area contributed by atoms with E-state index >= 15 is 0 Å². The molecule has 110 valence electrons. The number of nitrogens with zero attached hydrogens (tertiary/aromatic N) is 1. The Hall–Kier alpha value is -2.12. The van der Waals surface area contributed by atoms with Gasteiger partial charge in [-0.25, -0.2) is 0 Å². The van der Waals surface area contributed by atoms with Crippen LogP contribution in [0.4, 0.5) is 5.69 Å². The number of nitrogens with one attached hydrogen (secondary N) is 2. The van der Waals surface area contributed by atoms with Gasteiger partial charge < -0.3 is 14.8 Å². The maximum atomic E-state index is 5.23. The van der Waals surface area contributed by atoms with Gasteiger partial charge >= 0.3 is 0 Å². The van der Waals surface area contributed by atoms with Crippen LogP contribution < -0.4 is 20.2 Å². The summed E-state index contributed by atoms with van der Waals surface area (Å²) < 4.78 is 10.4. The first-order valence-electron chi connectivity index (χ1n) is 6.08. The Morgan fingerprint density at radius 1 is 1.24 bits per heavy atom. The number of rotatable bonds is 5. The van der Waals surface area contributed by atoms with Gasteiger partial charge in [0.15, 0.2) is 16.6 Å². The maximum absolute atomic E-state index is 5.23. The highest BCUT2D eigenvalue weighted by atomic mass is 32.1. The fourth-order valence-corrected chi connectivity index (χ4v) is 2.35. The average molecular weight is 321 g/mol. The molecule has 21 heavy (non-hydrogen) atoms. The van der Waals surface area contributed by atoms with Crippen molar-refractivity contribution >= 4 is 40.6 Å². The number of hydrogen-bond acceptors (Lipinski definition) is 5. The molecule has 0 bridgehead atoms. The summed E-state index contributed by atoms with van der Waals surface area (Å²) in [6, 6.07) is 9.39. The Morgan fingerprint density at radius 2 is 2.05 bits per heavy atom. The van der Waals surface area contributed by atoms with E-state index in [2.05, 4.69) is 15.8 Å². The van der Waals surface area contributed by atoms with Crippen LogP contribution in [0.25, 0.3) is 0 Å². The fraction of sp³-hybridized carbons (Fsp3) is 0.143. The van der Waals surface area contributed by atoms with Gasteiger partial charge in [-0.05, 0) is 35.8 Å². The Labute approximate surface area is 132 Å². The zero-order valence-corrected chi connectivity index (χ0v) is 13.3. The first kappa shape index (κ1) is 15.3. The van der Waals surface area contributed by atoms with Gasteiger partial charge in [-0.1, -0.05) is 6.07 Å². The molecule has 0 fully saturated rings. The lowest BCUT2D eigenvalue weighted by atomic mass is 10.3. The Morgan fingerprint density at radius 3 is 2.71 bits per heavy atom. The lowest BCUT2D eigenvalue weighted by molar-refractivity contribution is 0.355. The number of benzene rings is 1. The second kappa shape index (κ2) is 7.61. The summed E-state index contributed by atoms with van der Waals surface area (Å²) in [6.45, 7) is 0. The predicted molar refractivity (Wildman–Crippen MR) is 90.8 cm³/mol. The second-order valence-electron chi connectivity index (χ2n) is 3.91. The molecule has 1 aromatic carbocycles. The lowest BCUT2D eigenvalue weighted by Gasteiger charge is -2.11. The van der Waals surface area contributed by atoms with E-state index in [0.717, 1.165) is 10.6 Å². The molecule has 0 saturated carbocycles. The summed E-state index contributed by atoms with van der Waals surface area (Å²) in [6.07, 6.45) is 1.72. The van der Waals surface area contributed by atoms with Crippen molar-refractivity contribution in [2.24, 2.45) is 5.10 Å². The first-order chi connectivity index (χ1) is 10.2. The van der Waals surface area contributed by atoms with E-state index in [-0.39, 0.29) is 0 Å². The molecule has 2 N–H and O–H groups in total. The quantitative estimate of drug-likeness (QED) is 0.503. The van der Waals surface area contributed by atoms with E-state index in [1.807, 2.05) is 23.6 Å². The van der Waals surface area contributed by atoms with Crippen LogP contribution in [0.3, 0.4) is 0 Å². The number of methoxy groups -OCH3 is 2. The Kier molecular flexibility index (Phi) is 5.53. The molecule has 0 spiro atoms. The van der Waals surface area contributed by atoms with Gasteiger partial charge in [0.25, 0.3) is 0 Å². The van der Waals surface area contributed by atoms with Gasteiger partial charge in [0, 0.05) is 16.6 Å². The molecule has 0 aliphatic rings. The normalized spacial score (nSPS) is 10.4. The van der Waals surface area contributed by atoms with Crippen molar-refractivity contribution in [2.45, 2.75) is 0 Å². The van der Waals surface area contributed by atoms with Crippen LogP contribution in [0.2, 0.25) is 0 Å². The minimum absolute atomic E-state index is 0.398. The van der Waals surface area contributed by atoms with E-state index in [1.54, 1.807) is 43.9 Å². The van der Waals surface area contributed by atoms with Crippen LogP contribution in [0, 0.1) is 0 Å². The topological polar surface area (TPSA) is 54.9 Å². The van der Waals surface area contributed by atoms with Crippen LogP contribution >= 0.6 is 23.6 Å². The van der Waals surface area contributed by atoms with E-state index < -0.39 is 0 Å². The van der Waals surface area contributed by atoms with Crippen LogP contribution in [-0.4, -0.2) is 25.5 Å². The van der Waals surface area contributed by atoms with E-state index in [1.165, 1.54) is 0 Å².